The molecule has 0 aromatic heterocycles. The zero-order valence-corrected chi connectivity index (χ0v) is 11.6. The highest BCUT2D eigenvalue weighted by Gasteiger charge is 1.98. The second-order valence-electron chi connectivity index (χ2n) is 3.84. The summed E-state index contributed by atoms with van der Waals surface area (Å²) in [7, 11) is 0. The van der Waals surface area contributed by atoms with Gasteiger partial charge in [-0.15, -0.1) is 0 Å². The summed E-state index contributed by atoms with van der Waals surface area (Å²) in [6.45, 7) is 1.71. The smallest absolute Gasteiger partial charge is 0.0548 e. The van der Waals surface area contributed by atoms with Crippen LogP contribution in [0.25, 0.3) is 0 Å². The molecular weight excluding hydrogens is 298 g/mol. The van der Waals surface area contributed by atoms with Gasteiger partial charge in [0.1, 0.15) is 0 Å². The highest BCUT2D eigenvalue weighted by Crippen LogP contribution is 2.23. The maximum absolute atomic E-state index is 5.94. The van der Waals surface area contributed by atoms with E-state index in [0.29, 0.717) is 0 Å². The summed E-state index contributed by atoms with van der Waals surface area (Å²) < 4.78 is 0.943. The summed E-state index contributed by atoms with van der Waals surface area (Å²) >= 11 is 9.37. The Bertz CT molecular complexity index is 485. The van der Waals surface area contributed by atoms with Crippen LogP contribution in [0.5, 0.6) is 0 Å². The Labute approximate surface area is 115 Å². The number of hydrogen-bond donors (Lipinski definition) is 1. The van der Waals surface area contributed by atoms with E-state index in [4.69, 9.17) is 11.6 Å². The summed E-state index contributed by atoms with van der Waals surface area (Å²) in [5, 5.41) is 4.15. The third kappa shape index (κ3) is 3.84. The molecule has 3 heteroatoms. The summed E-state index contributed by atoms with van der Waals surface area (Å²) in [5.41, 5.74) is 2.51. The van der Waals surface area contributed by atoms with E-state index in [0.717, 1.165) is 22.6 Å². The first-order valence-electron chi connectivity index (χ1n) is 5.44. The number of halogens is 2. The Morgan fingerprint density at radius 3 is 2.35 bits per heavy atom. The summed E-state index contributed by atoms with van der Waals surface area (Å²) in [6.07, 6.45) is 0. The molecule has 0 aliphatic rings. The molecule has 1 N–H and O–H groups in total. The van der Waals surface area contributed by atoms with Gasteiger partial charge in [0.15, 0.2) is 0 Å². The average Bonchev–Trinajstić information content (AvgIpc) is 2.35. The summed E-state index contributed by atoms with van der Waals surface area (Å²) in [6, 6.07) is 16.3. The Hall–Kier alpha value is -0.830. The van der Waals surface area contributed by atoms with E-state index in [1.807, 2.05) is 24.3 Å². The van der Waals surface area contributed by atoms with Crippen LogP contribution in [0.1, 0.15) is 11.1 Å². The molecule has 2 aromatic carbocycles. The van der Waals surface area contributed by atoms with Gasteiger partial charge in [-0.3, -0.25) is 0 Å². The Kier molecular flexibility index (Phi) is 4.60. The normalized spacial score (nSPS) is 10.5. The van der Waals surface area contributed by atoms with Crippen molar-refractivity contribution in [3.05, 3.63) is 69.2 Å². The molecule has 17 heavy (non-hydrogen) atoms. The lowest BCUT2D eigenvalue weighted by Gasteiger charge is -2.06. The van der Waals surface area contributed by atoms with Crippen molar-refractivity contribution in [2.75, 3.05) is 0 Å². The van der Waals surface area contributed by atoms with Crippen LogP contribution in [0.3, 0.4) is 0 Å². The molecule has 0 heterocycles. The topological polar surface area (TPSA) is 12.0 Å². The van der Waals surface area contributed by atoms with Gasteiger partial charge in [-0.2, -0.15) is 0 Å². The number of hydrogen-bond acceptors (Lipinski definition) is 1. The lowest BCUT2D eigenvalue weighted by Crippen LogP contribution is -2.12. The molecule has 0 aliphatic heterocycles. The first kappa shape index (κ1) is 12.6. The highest BCUT2D eigenvalue weighted by molar-refractivity contribution is 9.10. The molecule has 0 spiro atoms. The van der Waals surface area contributed by atoms with Crippen molar-refractivity contribution in [3.63, 3.8) is 0 Å². The quantitative estimate of drug-likeness (QED) is 0.883. The van der Waals surface area contributed by atoms with Gasteiger partial charge in [0.2, 0.25) is 0 Å². The molecule has 0 amide bonds. The Balaban J connectivity index is 1.88. The maximum Gasteiger partial charge on any atom is 0.0548 e. The summed E-state index contributed by atoms with van der Waals surface area (Å²) in [5.74, 6) is 0. The fourth-order valence-corrected chi connectivity index (χ4v) is 2.14. The van der Waals surface area contributed by atoms with Gasteiger partial charge < -0.3 is 5.32 Å². The third-order valence-corrected chi connectivity index (χ3v) is 3.70. The number of rotatable bonds is 4. The van der Waals surface area contributed by atoms with E-state index in [1.54, 1.807) is 0 Å². The minimum Gasteiger partial charge on any atom is -0.309 e. The average molecular weight is 311 g/mol. The molecule has 0 saturated carbocycles. The number of benzene rings is 2. The monoisotopic (exact) mass is 309 g/mol. The van der Waals surface area contributed by atoms with E-state index in [1.165, 1.54) is 11.1 Å². The standard InChI is InChI=1S/C14H13BrClN/c15-13-8-12(6-7-14(13)16)10-17-9-11-4-2-1-3-5-11/h1-8,17H,9-10H2. The molecule has 0 atom stereocenters. The van der Waals surface area contributed by atoms with Crippen molar-refractivity contribution in [1.82, 2.24) is 5.32 Å². The molecule has 2 aromatic rings. The molecule has 0 radical (unpaired) electrons. The van der Waals surface area contributed by atoms with Crippen LogP contribution in [-0.4, -0.2) is 0 Å². The fraction of sp³-hybridized carbons (Fsp3) is 0.143. The van der Waals surface area contributed by atoms with Gasteiger partial charge in [0, 0.05) is 17.6 Å². The Morgan fingerprint density at radius 1 is 0.941 bits per heavy atom. The van der Waals surface area contributed by atoms with Gasteiger partial charge in [0.05, 0.1) is 5.02 Å². The van der Waals surface area contributed by atoms with Gasteiger partial charge in [0.25, 0.3) is 0 Å². The SMILES string of the molecule is Clc1ccc(CNCc2ccccc2)cc1Br. The lowest BCUT2D eigenvalue weighted by atomic mass is 10.2. The Morgan fingerprint density at radius 2 is 1.65 bits per heavy atom. The minimum atomic E-state index is 0.747. The fourth-order valence-electron chi connectivity index (χ4n) is 1.60. The molecule has 0 bridgehead atoms. The molecule has 2 rings (SSSR count). The van der Waals surface area contributed by atoms with Crippen LogP contribution in [-0.2, 0) is 13.1 Å². The number of nitrogens with one attached hydrogen (secondary N) is 1. The van der Waals surface area contributed by atoms with E-state index in [9.17, 15) is 0 Å². The molecule has 0 saturated heterocycles. The molecule has 0 fully saturated rings. The molecular formula is C14H13BrClN. The minimum absolute atomic E-state index is 0.747. The predicted molar refractivity (Wildman–Crippen MR) is 76.1 cm³/mol. The van der Waals surface area contributed by atoms with E-state index in [2.05, 4.69) is 45.5 Å². The first-order valence-corrected chi connectivity index (χ1v) is 6.61. The molecule has 0 aliphatic carbocycles. The third-order valence-electron chi connectivity index (χ3n) is 2.49. The van der Waals surface area contributed by atoms with Crippen LogP contribution in [0, 0.1) is 0 Å². The van der Waals surface area contributed by atoms with Gasteiger partial charge in [-0.25, -0.2) is 0 Å². The van der Waals surface area contributed by atoms with Gasteiger partial charge in [-0.1, -0.05) is 48.0 Å². The van der Waals surface area contributed by atoms with Crippen molar-refractivity contribution in [2.45, 2.75) is 13.1 Å². The van der Waals surface area contributed by atoms with E-state index in [-0.39, 0.29) is 0 Å². The van der Waals surface area contributed by atoms with Crippen LogP contribution < -0.4 is 5.32 Å². The van der Waals surface area contributed by atoms with Crippen LogP contribution >= 0.6 is 27.5 Å². The molecule has 1 nitrogen and oxygen atoms in total. The highest BCUT2D eigenvalue weighted by atomic mass is 79.9. The van der Waals surface area contributed by atoms with E-state index >= 15 is 0 Å². The van der Waals surface area contributed by atoms with Crippen molar-refractivity contribution >= 4 is 27.5 Å². The van der Waals surface area contributed by atoms with Crippen LogP contribution in [0.2, 0.25) is 5.02 Å². The van der Waals surface area contributed by atoms with Crippen molar-refractivity contribution in [2.24, 2.45) is 0 Å². The molecule has 88 valence electrons. The van der Waals surface area contributed by atoms with Crippen LogP contribution in [0.15, 0.2) is 53.0 Å². The second kappa shape index (κ2) is 6.20. The largest absolute Gasteiger partial charge is 0.309 e. The lowest BCUT2D eigenvalue weighted by molar-refractivity contribution is 0.693. The zero-order valence-electron chi connectivity index (χ0n) is 9.29. The van der Waals surface area contributed by atoms with Gasteiger partial charge >= 0.3 is 0 Å². The summed E-state index contributed by atoms with van der Waals surface area (Å²) in [4.78, 5) is 0. The molecule has 0 unspecified atom stereocenters. The predicted octanol–water partition coefficient (Wildman–Crippen LogP) is 4.39. The maximum atomic E-state index is 5.94. The van der Waals surface area contributed by atoms with E-state index < -0.39 is 0 Å². The van der Waals surface area contributed by atoms with Crippen molar-refractivity contribution in [3.8, 4) is 0 Å². The second-order valence-corrected chi connectivity index (χ2v) is 5.10. The van der Waals surface area contributed by atoms with Crippen molar-refractivity contribution < 1.29 is 0 Å². The first-order chi connectivity index (χ1) is 8.25. The van der Waals surface area contributed by atoms with Crippen molar-refractivity contribution in [1.29, 1.82) is 0 Å². The van der Waals surface area contributed by atoms with Crippen LogP contribution in [0.4, 0.5) is 0 Å². The van der Waals surface area contributed by atoms with Gasteiger partial charge in [-0.05, 0) is 39.2 Å². The zero-order chi connectivity index (χ0) is 12.1.